The lowest BCUT2D eigenvalue weighted by Crippen LogP contribution is -2.08. The van der Waals surface area contributed by atoms with Crippen molar-refractivity contribution in [2.24, 2.45) is 11.1 Å². The van der Waals surface area contributed by atoms with Crippen LogP contribution >= 0.6 is 0 Å². The first-order valence-electron chi connectivity index (χ1n) is 2.75. The van der Waals surface area contributed by atoms with Crippen LogP contribution in [0.1, 0.15) is 20.3 Å². The third kappa shape index (κ3) is 6.11. The van der Waals surface area contributed by atoms with Crippen LogP contribution in [0.3, 0.4) is 0 Å². The smallest absolute Gasteiger partial charge is 0.0888 e. The highest BCUT2D eigenvalue weighted by Gasteiger charge is 1.94. The highest BCUT2D eigenvalue weighted by atomic mass is 32.2. The zero-order valence-corrected chi connectivity index (χ0v) is 6.20. The van der Waals surface area contributed by atoms with Crippen LogP contribution in [-0.4, -0.2) is 9.96 Å². The lowest BCUT2D eigenvalue weighted by Gasteiger charge is -1.98. The van der Waals surface area contributed by atoms with Gasteiger partial charge in [0.05, 0.1) is 11.0 Å². The summed E-state index contributed by atoms with van der Waals surface area (Å²) in [6.45, 7) is 4.18. The summed E-state index contributed by atoms with van der Waals surface area (Å²) in [4.78, 5) is 0. The molecule has 0 aliphatic carbocycles. The molecule has 2 nitrogen and oxygen atoms in total. The summed E-state index contributed by atoms with van der Waals surface area (Å²) >= 11 is 0. The summed E-state index contributed by atoms with van der Waals surface area (Å²) in [7, 11) is -1.09. The quantitative estimate of drug-likeness (QED) is 0.606. The van der Waals surface area contributed by atoms with Crippen molar-refractivity contribution in [3.05, 3.63) is 0 Å². The van der Waals surface area contributed by atoms with Crippen LogP contribution < -0.4 is 5.14 Å². The van der Waals surface area contributed by atoms with Gasteiger partial charge >= 0.3 is 0 Å². The summed E-state index contributed by atoms with van der Waals surface area (Å²) in [5, 5.41) is 5.01. The summed E-state index contributed by atoms with van der Waals surface area (Å²) in [6, 6.07) is 0. The summed E-state index contributed by atoms with van der Waals surface area (Å²) in [5.74, 6) is 1.25. The van der Waals surface area contributed by atoms with E-state index in [0.29, 0.717) is 11.7 Å². The van der Waals surface area contributed by atoms with Gasteiger partial charge in [-0.15, -0.1) is 0 Å². The number of hydrogen-bond acceptors (Lipinski definition) is 1. The van der Waals surface area contributed by atoms with Gasteiger partial charge in [0.25, 0.3) is 0 Å². The predicted octanol–water partition coefficient (Wildman–Crippen LogP) is 0.655. The van der Waals surface area contributed by atoms with E-state index in [4.69, 9.17) is 5.14 Å². The van der Waals surface area contributed by atoms with Crippen LogP contribution in [0.15, 0.2) is 0 Å². The van der Waals surface area contributed by atoms with Gasteiger partial charge in [0.15, 0.2) is 0 Å². The normalized spacial score (nSPS) is 14.5. The van der Waals surface area contributed by atoms with Gasteiger partial charge in [-0.1, -0.05) is 13.8 Å². The van der Waals surface area contributed by atoms with Crippen molar-refractivity contribution in [1.82, 2.24) is 0 Å². The van der Waals surface area contributed by atoms with Gasteiger partial charge in [-0.3, -0.25) is 5.14 Å². The lowest BCUT2D eigenvalue weighted by atomic mass is 10.2. The Labute approximate surface area is 53.0 Å². The molecule has 0 amide bonds. The van der Waals surface area contributed by atoms with E-state index in [1.54, 1.807) is 0 Å². The lowest BCUT2D eigenvalue weighted by molar-refractivity contribution is 0.619. The highest BCUT2D eigenvalue weighted by Crippen LogP contribution is 1.97. The third-order valence-corrected chi connectivity index (χ3v) is 1.53. The van der Waals surface area contributed by atoms with Gasteiger partial charge in [0.2, 0.25) is 0 Å². The van der Waals surface area contributed by atoms with Gasteiger partial charge in [0, 0.05) is 5.75 Å². The van der Waals surface area contributed by atoms with Crippen LogP contribution in [0.5, 0.6) is 0 Å². The Bertz CT molecular complexity index is 82.5. The molecule has 0 saturated heterocycles. The monoisotopic (exact) mass is 135 g/mol. The van der Waals surface area contributed by atoms with Crippen molar-refractivity contribution in [3.63, 3.8) is 0 Å². The van der Waals surface area contributed by atoms with Crippen molar-refractivity contribution in [1.29, 1.82) is 0 Å². The van der Waals surface area contributed by atoms with Crippen molar-refractivity contribution in [2.75, 3.05) is 5.75 Å². The van der Waals surface area contributed by atoms with Gasteiger partial charge < -0.3 is 0 Å². The first-order valence-corrected chi connectivity index (χ1v) is 4.14. The van der Waals surface area contributed by atoms with Gasteiger partial charge in [0.1, 0.15) is 0 Å². The molecule has 0 spiro atoms. The Balaban J connectivity index is 3.05. The molecule has 1 atom stereocenters. The molecule has 1 unspecified atom stereocenters. The molecule has 0 radical (unpaired) electrons. The summed E-state index contributed by atoms with van der Waals surface area (Å²) in [6.07, 6.45) is 0.961. The average molecular weight is 135 g/mol. The molecule has 0 heterocycles. The fraction of sp³-hybridized carbons (Fsp3) is 1.00. The van der Waals surface area contributed by atoms with E-state index in [-0.39, 0.29) is 0 Å². The van der Waals surface area contributed by atoms with E-state index in [1.807, 2.05) is 0 Å². The van der Waals surface area contributed by atoms with Gasteiger partial charge in [-0.25, -0.2) is 4.21 Å². The zero-order chi connectivity index (χ0) is 6.57. The molecule has 0 aliphatic heterocycles. The number of hydrogen-bond donors (Lipinski definition) is 1. The maximum Gasteiger partial charge on any atom is 0.0888 e. The molecule has 0 saturated carbocycles. The fourth-order valence-electron chi connectivity index (χ4n) is 0.352. The van der Waals surface area contributed by atoms with Gasteiger partial charge in [-0.2, -0.15) is 0 Å². The van der Waals surface area contributed by atoms with Crippen LogP contribution in [0, 0.1) is 5.92 Å². The second-order valence-corrected chi connectivity index (χ2v) is 3.44. The van der Waals surface area contributed by atoms with E-state index in [1.165, 1.54) is 0 Å². The molecular weight excluding hydrogens is 122 g/mol. The van der Waals surface area contributed by atoms with E-state index in [2.05, 4.69) is 13.8 Å². The first kappa shape index (κ1) is 8.11. The predicted molar refractivity (Wildman–Crippen MR) is 36.7 cm³/mol. The average Bonchev–Trinajstić information content (AvgIpc) is 1.61. The van der Waals surface area contributed by atoms with Crippen molar-refractivity contribution in [3.8, 4) is 0 Å². The van der Waals surface area contributed by atoms with E-state index in [0.717, 1.165) is 6.42 Å². The Kier molecular flexibility index (Phi) is 4.09. The number of nitrogens with two attached hydrogens (primary N) is 1. The maximum atomic E-state index is 10.2. The van der Waals surface area contributed by atoms with E-state index >= 15 is 0 Å². The standard InChI is InChI=1S/C5H13NOS/c1-5(2)3-4-8(6)7/h5H,3-4,6H2,1-2H3. The molecule has 2 N–H and O–H groups in total. The summed E-state index contributed by atoms with van der Waals surface area (Å²) in [5.41, 5.74) is 0. The molecular formula is C5H13NOS. The fourth-order valence-corrected chi connectivity index (χ4v) is 1.06. The van der Waals surface area contributed by atoms with Crippen molar-refractivity contribution >= 4 is 11.0 Å². The van der Waals surface area contributed by atoms with E-state index < -0.39 is 11.0 Å². The molecule has 3 heteroatoms. The van der Waals surface area contributed by atoms with Crippen LogP contribution in [-0.2, 0) is 11.0 Å². The minimum absolute atomic E-state index is 0.613. The number of rotatable bonds is 3. The Morgan fingerprint density at radius 3 is 2.25 bits per heavy atom. The minimum Gasteiger partial charge on any atom is -0.252 e. The topological polar surface area (TPSA) is 43.1 Å². The second kappa shape index (κ2) is 4.04. The SMILES string of the molecule is CC(C)CCS(N)=O. The molecule has 0 aromatic carbocycles. The molecule has 0 bridgehead atoms. The Morgan fingerprint density at radius 2 is 2.12 bits per heavy atom. The van der Waals surface area contributed by atoms with Crippen molar-refractivity contribution in [2.45, 2.75) is 20.3 Å². The molecule has 0 rings (SSSR count). The largest absolute Gasteiger partial charge is 0.252 e. The first-order chi connectivity index (χ1) is 3.63. The molecule has 50 valence electrons. The minimum atomic E-state index is -1.09. The molecule has 0 aliphatic rings. The van der Waals surface area contributed by atoms with Crippen LogP contribution in [0.2, 0.25) is 0 Å². The third-order valence-electron chi connectivity index (χ3n) is 0.896. The Hall–Kier alpha value is 0.110. The van der Waals surface area contributed by atoms with Gasteiger partial charge in [-0.05, 0) is 12.3 Å². The molecule has 8 heavy (non-hydrogen) atoms. The van der Waals surface area contributed by atoms with Crippen molar-refractivity contribution < 1.29 is 4.21 Å². The molecule has 0 aromatic heterocycles. The summed E-state index contributed by atoms with van der Waals surface area (Å²) < 4.78 is 10.2. The van der Waals surface area contributed by atoms with Crippen LogP contribution in [0.25, 0.3) is 0 Å². The highest BCUT2D eigenvalue weighted by molar-refractivity contribution is 7.82. The molecule has 0 aromatic rings. The Morgan fingerprint density at radius 1 is 1.62 bits per heavy atom. The van der Waals surface area contributed by atoms with E-state index in [9.17, 15) is 4.21 Å². The molecule has 0 fully saturated rings. The zero-order valence-electron chi connectivity index (χ0n) is 5.39. The second-order valence-electron chi connectivity index (χ2n) is 2.27. The van der Waals surface area contributed by atoms with Crippen LogP contribution in [0.4, 0.5) is 0 Å². The maximum absolute atomic E-state index is 10.2.